The Hall–Kier alpha value is -6.10. The van der Waals surface area contributed by atoms with E-state index in [1.807, 2.05) is 17.3 Å². The molecule has 280 valence electrons. The predicted molar refractivity (Wildman–Crippen MR) is 226 cm³/mol. The fourth-order valence-electron chi connectivity index (χ4n) is 8.10. The molecular formula is C46H43ClN8O. The van der Waals surface area contributed by atoms with E-state index in [2.05, 4.69) is 154 Å². The number of aromatic nitrogens is 4. The summed E-state index contributed by atoms with van der Waals surface area (Å²) in [6.45, 7) is 3.15. The van der Waals surface area contributed by atoms with Crippen LogP contribution in [-0.4, -0.2) is 61.7 Å². The molecule has 4 aromatic heterocycles. The van der Waals surface area contributed by atoms with Crippen LogP contribution in [0.4, 0.5) is 0 Å². The van der Waals surface area contributed by atoms with E-state index in [1.54, 1.807) is 0 Å². The molecule has 4 N–H and O–H groups in total. The number of piperazine rings is 1. The van der Waals surface area contributed by atoms with E-state index in [0.717, 1.165) is 91.3 Å². The Labute approximate surface area is 332 Å². The Balaban J connectivity index is 0.00000441. The molecule has 1 saturated heterocycles. The number of hydrogen-bond acceptors (Lipinski definition) is 6. The lowest BCUT2D eigenvalue weighted by Gasteiger charge is -2.49. The van der Waals surface area contributed by atoms with Crippen LogP contribution in [0.1, 0.15) is 22.3 Å². The predicted octanol–water partition coefficient (Wildman–Crippen LogP) is 7.64. The smallest absolute Gasteiger partial charge is 0.210 e. The Morgan fingerprint density at radius 3 is 1.43 bits per heavy atom. The van der Waals surface area contributed by atoms with Crippen molar-refractivity contribution in [3.05, 3.63) is 168 Å². The molecule has 5 heterocycles. The van der Waals surface area contributed by atoms with Crippen molar-refractivity contribution in [1.82, 2.24) is 28.6 Å². The van der Waals surface area contributed by atoms with Crippen LogP contribution in [0.25, 0.3) is 56.1 Å². The SMILES string of the molecule is CN1CCN(C=O)C(c2ccc(-c3ccn4c(-c5ccc(CN)cc5)cnc4c3)cc2)(c2ccc(-c3ccn4c(-c5ccc(CN)cc5)cnc4c3)cc2)C1.Cl. The normalized spacial score (nSPS) is 14.2. The summed E-state index contributed by atoms with van der Waals surface area (Å²) in [7, 11) is 2.13. The highest BCUT2D eigenvalue weighted by Gasteiger charge is 2.43. The molecule has 0 bridgehead atoms. The van der Waals surface area contributed by atoms with E-state index in [1.165, 1.54) is 0 Å². The average Bonchev–Trinajstić information content (AvgIpc) is 3.88. The van der Waals surface area contributed by atoms with Gasteiger partial charge in [0.05, 0.1) is 23.8 Å². The number of halogens is 1. The Morgan fingerprint density at radius 2 is 1.02 bits per heavy atom. The van der Waals surface area contributed by atoms with Gasteiger partial charge in [-0.15, -0.1) is 12.4 Å². The van der Waals surface area contributed by atoms with E-state index in [0.29, 0.717) is 26.2 Å². The number of carbonyl (C=O) groups excluding carboxylic acids is 1. The van der Waals surface area contributed by atoms with Gasteiger partial charge < -0.3 is 21.3 Å². The first-order chi connectivity index (χ1) is 27.0. The summed E-state index contributed by atoms with van der Waals surface area (Å²) in [5, 5.41) is 0. The first-order valence-corrected chi connectivity index (χ1v) is 18.6. The number of benzene rings is 4. The summed E-state index contributed by atoms with van der Waals surface area (Å²) in [6.07, 6.45) is 9.00. The number of hydrogen-bond donors (Lipinski definition) is 2. The van der Waals surface area contributed by atoms with Crippen molar-refractivity contribution in [2.75, 3.05) is 26.7 Å². The third-order valence-electron chi connectivity index (χ3n) is 11.2. The van der Waals surface area contributed by atoms with Gasteiger partial charge in [-0.1, -0.05) is 97.1 Å². The lowest BCUT2D eigenvalue weighted by Crippen LogP contribution is -2.59. The molecule has 1 aliphatic heterocycles. The molecule has 1 aliphatic rings. The van der Waals surface area contributed by atoms with Crippen molar-refractivity contribution in [3.8, 4) is 44.8 Å². The zero-order valence-corrected chi connectivity index (χ0v) is 31.9. The van der Waals surface area contributed by atoms with Gasteiger partial charge in [-0.25, -0.2) is 9.97 Å². The van der Waals surface area contributed by atoms with E-state index in [-0.39, 0.29) is 12.4 Å². The third-order valence-corrected chi connectivity index (χ3v) is 11.2. The Morgan fingerprint density at radius 1 is 0.589 bits per heavy atom. The van der Waals surface area contributed by atoms with E-state index in [9.17, 15) is 4.79 Å². The van der Waals surface area contributed by atoms with Gasteiger partial charge in [0.1, 0.15) is 16.8 Å². The van der Waals surface area contributed by atoms with Crippen molar-refractivity contribution in [2.45, 2.75) is 18.6 Å². The number of nitrogens with two attached hydrogens (primary N) is 2. The molecule has 1 fully saturated rings. The van der Waals surface area contributed by atoms with Gasteiger partial charge in [0.25, 0.3) is 0 Å². The fraction of sp³-hybridized carbons (Fsp3) is 0.152. The van der Waals surface area contributed by atoms with Crippen molar-refractivity contribution in [2.24, 2.45) is 11.5 Å². The Bertz CT molecular complexity index is 2460. The molecule has 8 aromatic rings. The number of imidazole rings is 2. The van der Waals surface area contributed by atoms with Gasteiger partial charge in [0.15, 0.2) is 0 Å². The van der Waals surface area contributed by atoms with Crippen LogP contribution in [0.3, 0.4) is 0 Å². The van der Waals surface area contributed by atoms with Crippen molar-refractivity contribution >= 4 is 30.1 Å². The molecule has 10 heteroatoms. The maximum atomic E-state index is 12.8. The molecule has 9 rings (SSSR count). The van der Waals surface area contributed by atoms with Crippen LogP contribution in [0.2, 0.25) is 0 Å². The van der Waals surface area contributed by atoms with Gasteiger partial charge in [0, 0.05) is 56.2 Å². The summed E-state index contributed by atoms with van der Waals surface area (Å²) < 4.78 is 4.22. The molecule has 0 aliphatic carbocycles. The summed E-state index contributed by atoms with van der Waals surface area (Å²) in [6, 6.07) is 42.4. The first kappa shape index (κ1) is 36.9. The minimum absolute atomic E-state index is 0. The van der Waals surface area contributed by atoms with Crippen molar-refractivity contribution in [1.29, 1.82) is 0 Å². The molecule has 56 heavy (non-hydrogen) atoms. The minimum atomic E-state index is -0.658. The zero-order valence-electron chi connectivity index (χ0n) is 31.1. The summed E-state index contributed by atoms with van der Waals surface area (Å²) in [5.74, 6) is 0. The zero-order chi connectivity index (χ0) is 37.5. The van der Waals surface area contributed by atoms with Crippen LogP contribution >= 0.6 is 12.4 Å². The lowest BCUT2D eigenvalue weighted by atomic mass is 9.78. The molecule has 0 spiro atoms. The second-order valence-electron chi connectivity index (χ2n) is 14.4. The molecule has 0 unspecified atom stereocenters. The molecule has 0 atom stereocenters. The molecule has 1 amide bonds. The highest BCUT2D eigenvalue weighted by Crippen LogP contribution is 2.40. The first-order valence-electron chi connectivity index (χ1n) is 18.6. The second-order valence-corrected chi connectivity index (χ2v) is 14.4. The van der Waals surface area contributed by atoms with Crippen LogP contribution < -0.4 is 11.5 Å². The minimum Gasteiger partial charge on any atom is -0.329 e. The van der Waals surface area contributed by atoms with E-state index >= 15 is 0 Å². The van der Waals surface area contributed by atoms with Crippen LogP contribution in [0, 0.1) is 0 Å². The average molecular weight is 759 g/mol. The monoisotopic (exact) mass is 758 g/mol. The van der Waals surface area contributed by atoms with Crippen LogP contribution in [0.15, 0.2) is 146 Å². The Kier molecular flexibility index (Phi) is 10.0. The fourth-order valence-corrected chi connectivity index (χ4v) is 8.10. The van der Waals surface area contributed by atoms with Crippen molar-refractivity contribution < 1.29 is 4.79 Å². The van der Waals surface area contributed by atoms with Crippen LogP contribution in [-0.2, 0) is 23.4 Å². The molecule has 0 radical (unpaired) electrons. The number of pyridine rings is 2. The highest BCUT2D eigenvalue weighted by molar-refractivity contribution is 5.85. The van der Waals surface area contributed by atoms with E-state index < -0.39 is 5.54 Å². The maximum absolute atomic E-state index is 12.8. The molecule has 4 aromatic carbocycles. The van der Waals surface area contributed by atoms with Crippen molar-refractivity contribution in [3.63, 3.8) is 0 Å². The summed E-state index contributed by atoms with van der Waals surface area (Å²) >= 11 is 0. The quantitative estimate of drug-likeness (QED) is 0.147. The number of likely N-dealkylation sites (N-methyl/N-ethyl adjacent to an activating group) is 1. The van der Waals surface area contributed by atoms with Gasteiger partial charge in [-0.3, -0.25) is 13.6 Å². The van der Waals surface area contributed by atoms with Gasteiger partial charge in [0.2, 0.25) is 6.41 Å². The second kappa shape index (κ2) is 15.2. The summed E-state index contributed by atoms with van der Waals surface area (Å²) in [5.41, 5.74) is 25.6. The van der Waals surface area contributed by atoms with Gasteiger partial charge in [-0.05, 0) is 75.8 Å². The van der Waals surface area contributed by atoms with E-state index in [4.69, 9.17) is 21.4 Å². The van der Waals surface area contributed by atoms with Gasteiger partial charge in [-0.2, -0.15) is 0 Å². The standard InChI is InChI=1S/C46H42N8O.ClH/c1-51-22-23-52(31-55)46(30-51,40-14-10-34(11-15-40)38-18-20-53-42(28-49-44(53)24-38)36-6-2-32(26-47)3-7-36)41-16-12-35(13-17-41)39-19-21-54-43(29-50-45(54)25-39)37-8-4-33(27-48)5-9-37;/h2-21,24-25,28-29,31H,22-23,26-27,30,47-48H2,1H3;1H. The largest absolute Gasteiger partial charge is 0.329 e. The maximum Gasteiger partial charge on any atom is 0.210 e. The highest BCUT2D eigenvalue weighted by atomic mass is 35.5. The molecule has 0 saturated carbocycles. The number of fused-ring (bicyclic) bond motifs is 2. The van der Waals surface area contributed by atoms with Gasteiger partial charge >= 0.3 is 0 Å². The topological polar surface area (TPSA) is 110 Å². The number of carbonyl (C=O) groups is 1. The number of rotatable bonds is 9. The molecular weight excluding hydrogens is 716 g/mol. The number of amides is 1. The molecule has 9 nitrogen and oxygen atoms in total. The number of nitrogens with zero attached hydrogens (tertiary/aromatic N) is 6. The third kappa shape index (κ3) is 6.44. The van der Waals surface area contributed by atoms with Crippen LogP contribution in [0.5, 0.6) is 0 Å². The lowest BCUT2D eigenvalue weighted by molar-refractivity contribution is -0.126. The summed E-state index contributed by atoms with van der Waals surface area (Å²) in [4.78, 5) is 26.6.